The molecule has 1 fully saturated rings. The second-order valence-electron chi connectivity index (χ2n) is 4.88. The van der Waals surface area contributed by atoms with Crippen LogP contribution in [0, 0.1) is 0 Å². The number of anilines is 1. The van der Waals surface area contributed by atoms with Gasteiger partial charge in [0, 0.05) is 36.6 Å². The van der Waals surface area contributed by atoms with E-state index in [9.17, 15) is 0 Å². The molecule has 2 rings (SSSR count). The number of piperidine rings is 1. The molecule has 0 spiro atoms. The average Bonchev–Trinajstić information content (AvgIpc) is 2.81. The molecule has 0 aliphatic carbocycles. The maximum Gasteiger partial charge on any atom is 0.205 e. The van der Waals surface area contributed by atoms with Crippen LogP contribution in [0.3, 0.4) is 0 Å². The third-order valence-electron chi connectivity index (χ3n) is 3.25. The number of likely N-dealkylation sites (N-methyl/N-ethyl adjacent to an activating group) is 1. The molecular weight excluding hydrogens is 232 g/mol. The lowest BCUT2D eigenvalue weighted by atomic mass is 10.1. The van der Waals surface area contributed by atoms with E-state index in [0.717, 1.165) is 30.6 Å². The van der Waals surface area contributed by atoms with Gasteiger partial charge in [-0.2, -0.15) is 4.37 Å². The lowest BCUT2D eigenvalue weighted by Gasteiger charge is -2.33. The zero-order valence-electron chi connectivity index (χ0n) is 10.9. The van der Waals surface area contributed by atoms with Gasteiger partial charge < -0.3 is 10.2 Å². The quantitative estimate of drug-likeness (QED) is 0.894. The van der Waals surface area contributed by atoms with Crippen molar-refractivity contribution >= 4 is 16.7 Å². The fourth-order valence-corrected chi connectivity index (χ4v) is 3.17. The van der Waals surface area contributed by atoms with Crippen LogP contribution >= 0.6 is 11.5 Å². The van der Waals surface area contributed by atoms with Crippen molar-refractivity contribution < 1.29 is 0 Å². The van der Waals surface area contributed by atoms with E-state index < -0.39 is 0 Å². The molecule has 0 radical (unpaired) electrons. The Labute approximate surface area is 108 Å². The van der Waals surface area contributed by atoms with Crippen molar-refractivity contribution in [1.82, 2.24) is 14.7 Å². The summed E-state index contributed by atoms with van der Waals surface area (Å²) in [6.07, 6.45) is 2.52. The van der Waals surface area contributed by atoms with Gasteiger partial charge in [-0.05, 0) is 26.3 Å². The van der Waals surface area contributed by atoms with Gasteiger partial charge in [-0.15, -0.1) is 0 Å². The molecule has 1 atom stereocenters. The molecule has 5 heteroatoms. The van der Waals surface area contributed by atoms with Crippen molar-refractivity contribution in [3.05, 3.63) is 5.82 Å². The minimum atomic E-state index is 0.420. The molecular formula is C12H22N4S. The Morgan fingerprint density at radius 3 is 2.88 bits per heavy atom. The van der Waals surface area contributed by atoms with Crippen LogP contribution in [0.1, 0.15) is 45.4 Å². The van der Waals surface area contributed by atoms with Crippen LogP contribution in [-0.4, -0.2) is 35.0 Å². The van der Waals surface area contributed by atoms with Gasteiger partial charge in [0.2, 0.25) is 5.13 Å². The fourth-order valence-electron chi connectivity index (χ4n) is 2.23. The van der Waals surface area contributed by atoms with Gasteiger partial charge in [0.1, 0.15) is 5.82 Å². The van der Waals surface area contributed by atoms with Crippen molar-refractivity contribution in [2.45, 2.75) is 45.6 Å². The van der Waals surface area contributed by atoms with E-state index in [2.05, 4.69) is 40.3 Å². The number of aromatic nitrogens is 2. The summed E-state index contributed by atoms with van der Waals surface area (Å²) in [6, 6.07) is 0.585. The first kappa shape index (κ1) is 12.8. The molecule has 1 saturated heterocycles. The molecule has 2 heterocycles. The minimum absolute atomic E-state index is 0.420. The first-order valence-electron chi connectivity index (χ1n) is 6.53. The molecule has 4 nitrogen and oxygen atoms in total. The zero-order valence-corrected chi connectivity index (χ0v) is 11.8. The van der Waals surface area contributed by atoms with E-state index >= 15 is 0 Å². The van der Waals surface area contributed by atoms with Gasteiger partial charge >= 0.3 is 0 Å². The Bertz CT molecular complexity index is 344. The Balaban J connectivity index is 2.10. The van der Waals surface area contributed by atoms with Gasteiger partial charge in [0.15, 0.2) is 0 Å². The lowest BCUT2D eigenvalue weighted by molar-refractivity contribution is 0.434. The van der Waals surface area contributed by atoms with Crippen LogP contribution in [0.2, 0.25) is 0 Å². The van der Waals surface area contributed by atoms with E-state index in [1.165, 1.54) is 12.8 Å². The standard InChI is InChI=1S/C12H22N4S/c1-4-16(10-6-5-7-13-8-10)12-14-11(9(2)3)15-17-12/h9-10,13H,4-8H2,1-3H3. The van der Waals surface area contributed by atoms with Crippen LogP contribution in [-0.2, 0) is 0 Å². The molecule has 0 saturated carbocycles. The van der Waals surface area contributed by atoms with Gasteiger partial charge in [0.25, 0.3) is 0 Å². The van der Waals surface area contributed by atoms with Gasteiger partial charge in [-0.25, -0.2) is 4.98 Å². The topological polar surface area (TPSA) is 41.1 Å². The largest absolute Gasteiger partial charge is 0.343 e. The van der Waals surface area contributed by atoms with E-state index in [-0.39, 0.29) is 0 Å². The molecule has 0 bridgehead atoms. The Kier molecular flexibility index (Phi) is 4.34. The van der Waals surface area contributed by atoms with Gasteiger partial charge in [-0.3, -0.25) is 0 Å². The highest BCUT2D eigenvalue weighted by atomic mass is 32.1. The predicted octanol–water partition coefficient (Wildman–Crippen LogP) is 2.24. The van der Waals surface area contributed by atoms with E-state index in [0.29, 0.717) is 12.0 Å². The molecule has 1 aromatic rings. The smallest absolute Gasteiger partial charge is 0.205 e. The Morgan fingerprint density at radius 1 is 1.53 bits per heavy atom. The molecule has 17 heavy (non-hydrogen) atoms. The number of rotatable bonds is 4. The predicted molar refractivity (Wildman–Crippen MR) is 72.9 cm³/mol. The highest BCUT2D eigenvalue weighted by Gasteiger charge is 2.23. The number of hydrogen-bond acceptors (Lipinski definition) is 5. The number of hydrogen-bond donors (Lipinski definition) is 1. The van der Waals surface area contributed by atoms with Gasteiger partial charge in [0.05, 0.1) is 0 Å². The zero-order chi connectivity index (χ0) is 12.3. The average molecular weight is 254 g/mol. The van der Waals surface area contributed by atoms with Crippen LogP contribution in [0.15, 0.2) is 0 Å². The molecule has 1 aliphatic rings. The summed E-state index contributed by atoms with van der Waals surface area (Å²) in [5.41, 5.74) is 0. The van der Waals surface area contributed by atoms with E-state index in [1.54, 1.807) is 11.5 Å². The monoisotopic (exact) mass is 254 g/mol. The number of nitrogens with zero attached hydrogens (tertiary/aromatic N) is 3. The van der Waals surface area contributed by atoms with Crippen LogP contribution in [0.25, 0.3) is 0 Å². The van der Waals surface area contributed by atoms with Crippen molar-refractivity contribution in [2.24, 2.45) is 0 Å². The van der Waals surface area contributed by atoms with Crippen LogP contribution in [0.5, 0.6) is 0 Å². The summed E-state index contributed by atoms with van der Waals surface area (Å²) in [4.78, 5) is 7.06. The first-order valence-corrected chi connectivity index (χ1v) is 7.30. The minimum Gasteiger partial charge on any atom is -0.343 e. The van der Waals surface area contributed by atoms with Crippen molar-refractivity contribution in [3.63, 3.8) is 0 Å². The van der Waals surface area contributed by atoms with Crippen LogP contribution < -0.4 is 10.2 Å². The fraction of sp³-hybridized carbons (Fsp3) is 0.833. The molecule has 1 aliphatic heterocycles. The SMILES string of the molecule is CCN(c1nc(C(C)C)ns1)C1CCCNC1. The second-order valence-corrected chi connectivity index (χ2v) is 5.61. The first-order chi connectivity index (χ1) is 8.22. The summed E-state index contributed by atoms with van der Waals surface area (Å²) in [7, 11) is 0. The Hall–Kier alpha value is -0.680. The number of nitrogens with one attached hydrogen (secondary N) is 1. The van der Waals surface area contributed by atoms with Gasteiger partial charge in [-0.1, -0.05) is 13.8 Å². The lowest BCUT2D eigenvalue weighted by Crippen LogP contribution is -2.46. The van der Waals surface area contributed by atoms with Crippen molar-refractivity contribution in [3.8, 4) is 0 Å². The second kappa shape index (κ2) is 5.78. The molecule has 1 N–H and O–H groups in total. The van der Waals surface area contributed by atoms with E-state index in [4.69, 9.17) is 0 Å². The summed E-state index contributed by atoms with van der Waals surface area (Å²) in [6.45, 7) is 9.73. The summed E-state index contributed by atoms with van der Waals surface area (Å²) in [5.74, 6) is 1.40. The van der Waals surface area contributed by atoms with Crippen LogP contribution in [0.4, 0.5) is 5.13 Å². The molecule has 96 valence electrons. The molecule has 1 aromatic heterocycles. The normalized spacial score (nSPS) is 20.8. The maximum atomic E-state index is 4.66. The summed E-state index contributed by atoms with van der Waals surface area (Å²) < 4.78 is 4.45. The third-order valence-corrected chi connectivity index (χ3v) is 4.01. The molecule has 1 unspecified atom stereocenters. The third kappa shape index (κ3) is 2.96. The Morgan fingerprint density at radius 2 is 2.35 bits per heavy atom. The highest BCUT2D eigenvalue weighted by molar-refractivity contribution is 7.09. The summed E-state index contributed by atoms with van der Waals surface area (Å²) in [5, 5.41) is 4.55. The molecule has 0 aromatic carbocycles. The van der Waals surface area contributed by atoms with E-state index in [1.807, 2.05) is 0 Å². The molecule has 0 amide bonds. The van der Waals surface area contributed by atoms with Crippen molar-refractivity contribution in [1.29, 1.82) is 0 Å². The highest BCUT2D eigenvalue weighted by Crippen LogP contribution is 2.24. The maximum absolute atomic E-state index is 4.66. The van der Waals surface area contributed by atoms with Crippen molar-refractivity contribution in [2.75, 3.05) is 24.5 Å². The summed E-state index contributed by atoms with van der Waals surface area (Å²) >= 11 is 1.54.